The van der Waals surface area contributed by atoms with Crippen molar-refractivity contribution in [2.24, 2.45) is 23.7 Å². The van der Waals surface area contributed by atoms with Crippen molar-refractivity contribution >= 4 is 51.1 Å². The van der Waals surface area contributed by atoms with Crippen molar-refractivity contribution in [3.05, 3.63) is 28.8 Å². The molecular weight excluding hydrogens is 426 g/mol. The lowest BCUT2D eigenvalue weighted by Gasteiger charge is -2.26. The van der Waals surface area contributed by atoms with Crippen molar-refractivity contribution in [3.63, 3.8) is 0 Å². The standard InChI is InChI=1S/C18H17BrClNO5/c1-7-2-3-8(4-11(7)20)21-12(22)6-25-17(23)13-9-5-10-14(13)18(24)26-16(10)15(9)19/h2-4,9-10,13-16H,5-6H2,1H3,(H,21,22)/t9-,10-,13+,14+,15-,16+/m1/s1. The molecule has 138 valence electrons. The van der Waals surface area contributed by atoms with Gasteiger partial charge in [-0.15, -0.1) is 0 Å². The van der Waals surface area contributed by atoms with Gasteiger partial charge in [-0.05, 0) is 37.0 Å². The largest absolute Gasteiger partial charge is 0.461 e. The van der Waals surface area contributed by atoms with Crippen LogP contribution in [-0.4, -0.2) is 35.4 Å². The van der Waals surface area contributed by atoms with E-state index in [0.29, 0.717) is 10.7 Å². The molecule has 2 saturated carbocycles. The Balaban J connectivity index is 1.36. The summed E-state index contributed by atoms with van der Waals surface area (Å²) in [6.45, 7) is 1.46. The SMILES string of the molecule is Cc1ccc(NC(=O)COC(=O)[C@H]2[C@H]3C[C@H]4[C@H](OC(=O)[C@@H]42)[C@@H]3Br)cc1Cl. The van der Waals surface area contributed by atoms with Gasteiger partial charge in [0.2, 0.25) is 0 Å². The maximum atomic E-state index is 12.5. The van der Waals surface area contributed by atoms with Crippen molar-refractivity contribution in [2.75, 3.05) is 11.9 Å². The Morgan fingerprint density at radius 2 is 2.15 bits per heavy atom. The molecule has 1 aromatic rings. The Morgan fingerprint density at radius 1 is 1.38 bits per heavy atom. The highest BCUT2D eigenvalue weighted by Gasteiger charge is 2.68. The van der Waals surface area contributed by atoms with E-state index in [0.717, 1.165) is 12.0 Å². The number of carbonyl (C=O) groups is 3. The number of halogens is 2. The molecule has 1 amide bonds. The fraction of sp³-hybridized carbons (Fsp3) is 0.500. The molecule has 0 spiro atoms. The quantitative estimate of drug-likeness (QED) is 0.573. The average Bonchev–Trinajstić information content (AvgIpc) is 3.20. The average molecular weight is 443 g/mol. The van der Waals surface area contributed by atoms with E-state index in [1.165, 1.54) is 0 Å². The lowest BCUT2D eigenvalue weighted by atomic mass is 9.80. The van der Waals surface area contributed by atoms with E-state index < -0.39 is 30.3 Å². The number of esters is 2. The minimum atomic E-state index is -0.544. The summed E-state index contributed by atoms with van der Waals surface area (Å²) in [5, 5.41) is 3.18. The summed E-state index contributed by atoms with van der Waals surface area (Å²) in [4.78, 5) is 36.6. The summed E-state index contributed by atoms with van der Waals surface area (Å²) < 4.78 is 10.6. The zero-order valence-corrected chi connectivity index (χ0v) is 16.2. The third kappa shape index (κ3) is 2.81. The fourth-order valence-electron chi connectivity index (χ4n) is 4.39. The number of anilines is 1. The van der Waals surface area contributed by atoms with Gasteiger partial charge in [-0.1, -0.05) is 33.6 Å². The molecular formula is C18H17BrClNO5. The number of fused-ring (bicyclic) bond motifs is 1. The lowest BCUT2D eigenvalue weighted by Crippen LogP contribution is -2.39. The van der Waals surface area contributed by atoms with E-state index in [4.69, 9.17) is 21.1 Å². The second-order valence-corrected chi connectivity index (χ2v) is 8.55. The minimum Gasteiger partial charge on any atom is -0.461 e. The summed E-state index contributed by atoms with van der Waals surface area (Å²) in [6.07, 6.45) is 0.626. The maximum Gasteiger partial charge on any atom is 0.310 e. The number of carbonyl (C=O) groups excluding carboxylic acids is 3. The summed E-state index contributed by atoms with van der Waals surface area (Å²) in [5.74, 6) is -2.21. The van der Waals surface area contributed by atoms with Crippen LogP contribution in [0.25, 0.3) is 0 Å². The van der Waals surface area contributed by atoms with E-state index in [2.05, 4.69) is 21.2 Å². The van der Waals surface area contributed by atoms with Crippen LogP contribution in [0, 0.1) is 30.6 Å². The van der Waals surface area contributed by atoms with Gasteiger partial charge in [0.25, 0.3) is 5.91 Å². The van der Waals surface area contributed by atoms with Crippen LogP contribution in [0.1, 0.15) is 12.0 Å². The maximum absolute atomic E-state index is 12.5. The molecule has 1 N–H and O–H groups in total. The number of ether oxygens (including phenoxy) is 2. The molecule has 1 aromatic carbocycles. The second-order valence-electron chi connectivity index (χ2n) is 7.08. The molecule has 6 atom stereocenters. The van der Waals surface area contributed by atoms with Crippen LogP contribution in [0.4, 0.5) is 5.69 Å². The van der Waals surface area contributed by atoms with Crippen LogP contribution < -0.4 is 5.32 Å². The molecule has 0 aromatic heterocycles. The molecule has 26 heavy (non-hydrogen) atoms. The Kier molecular flexibility index (Phi) is 4.47. The number of amides is 1. The number of benzene rings is 1. The molecule has 0 unspecified atom stereocenters. The topological polar surface area (TPSA) is 81.7 Å². The van der Waals surface area contributed by atoms with E-state index >= 15 is 0 Å². The molecule has 2 bridgehead atoms. The number of hydrogen-bond acceptors (Lipinski definition) is 5. The molecule has 0 radical (unpaired) electrons. The van der Waals surface area contributed by atoms with Gasteiger partial charge in [0.15, 0.2) is 6.61 Å². The third-order valence-corrected chi connectivity index (χ3v) is 7.20. The van der Waals surface area contributed by atoms with Gasteiger partial charge in [-0.2, -0.15) is 0 Å². The van der Waals surface area contributed by atoms with Crippen molar-refractivity contribution in [1.29, 1.82) is 0 Å². The molecule has 8 heteroatoms. The number of alkyl halides is 1. The molecule has 4 rings (SSSR count). The predicted octanol–water partition coefficient (Wildman–Crippen LogP) is 2.70. The van der Waals surface area contributed by atoms with E-state index in [1.54, 1.807) is 18.2 Å². The Morgan fingerprint density at radius 3 is 2.88 bits per heavy atom. The van der Waals surface area contributed by atoms with Crippen LogP contribution in [0.3, 0.4) is 0 Å². The molecule has 1 aliphatic heterocycles. The van der Waals surface area contributed by atoms with Gasteiger partial charge < -0.3 is 14.8 Å². The zero-order chi connectivity index (χ0) is 18.6. The molecule has 1 heterocycles. The zero-order valence-electron chi connectivity index (χ0n) is 13.9. The molecule has 6 nitrogen and oxygen atoms in total. The van der Waals surface area contributed by atoms with Crippen LogP contribution in [-0.2, 0) is 23.9 Å². The smallest absolute Gasteiger partial charge is 0.310 e. The molecule has 2 aliphatic carbocycles. The van der Waals surface area contributed by atoms with Crippen LogP contribution in [0.5, 0.6) is 0 Å². The predicted molar refractivity (Wildman–Crippen MR) is 96.9 cm³/mol. The summed E-state index contributed by atoms with van der Waals surface area (Å²) in [6, 6.07) is 5.15. The monoisotopic (exact) mass is 441 g/mol. The summed E-state index contributed by atoms with van der Waals surface area (Å²) >= 11 is 9.57. The van der Waals surface area contributed by atoms with Gasteiger partial charge in [0.1, 0.15) is 6.10 Å². The fourth-order valence-corrected chi connectivity index (χ4v) is 5.62. The van der Waals surface area contributed by atoms with Crippen molar-refractivity contribution in [2.45, 2.75) is 24.3 Å². The van der Waals surface area contributed by atoms with Crippen molar-refractivity contribution in [1.82, 2.24) is 0 Å². The Hall–Kier alpha value is -1.60. The first-order valence-electron chi connectivity index (χ1n) is 8.44. The normalized spacial score (nSPS) is 33.9. The van der Waals surface area contributed by atoms with Crippen molar-refractivity contribution < 1.29 is 23.9 Å². The first kappa shape index (κ1) is 17.8. The van der Waals surface area contributed by atoms with Gasteiger partial charge in [0, 0.05) is 16.6 Å². The highest BCUT2D eigenvalue weighted by atomic mass is 79.9. The van der Waals surface area contributed by atoms with Gasteiger partial charge >= 0.3 is 11.9 Å². The lowest BCUT2D eigenvalue weighted by molar-refractivity contribution is -0.157. The summed E-state index contributed by atoms with van der Waals surface area (Å²) in [7, 11) is 0. The van der Waals surface area contributed by atoms with Gasteiger partial charge in [-0.25, -0.2) is 0 Å². The number of nitrogens with one attached hydrogen (secondary N) is 1. The first-order chi connectivity index (χ1) is 12.4. The summed E-state index contributed by atoms with van der Waals surface area (Å²) in [5.41, 5.74) is 1.43. The minimum absolute atomic E-state index is 0.00733. The molecule has 1 saturated heterocycles. The van der Waals surface area contributed by atoms with E-state index in [1.807, 2.05) is 6.92 Å². The highest BCUT2D eigenvalue weighted by Crippen LogP contribution is 2.60. The van der Waals surface area contributed by atoms with Crippen molar-refractivity contribution in [3.8, 4) is 0 Å². The molecule has 3 aliphatic rings. The van der Waals surface area contributed by atoms with Crippen LogP contribution in [0.2, 0.25) is 5.02 Å². The van der Waals surface area contributed by atoms with Crippen LogP contribution in [0.15, 0.2) is 18.2 Å². The Bertz CT molecular complexity index is 800. The number of hydrogen-bond donors (Lipinski definition) is 1. The van der Waals surface area contributed by atoms with E-state index in [-0.39, 0.29) is 28.7 Å². The van der Waals surface area contributed by atoms with Gasteiger partial charge in [-0.3, -0.25) is 14.4 Å². The first-order valence-corrected chi connectivity index (χ1v) is 9.73. The van der Waals surface area contributed by atoms with E-state index in [9.17, 15) is 14.4 Å². The highest BCUT2D eigenvalue weighted by molar-refractivity contribution is 9.09. The van der Waals surface area contributed by atoms with Crippen LogP contribution >= 0.6 is 27.5 Å². The number of rotatable bonds is 4. The Labute approximate surface area is 163 Å². The molecule has 3 fully saturated rings. The third-order valence-electron chi connectivity index (χ3n) is 5.60. The number of aryl methyl sites for hydroxylation is 1. The second kappa shape index (κ2) is 6.53. The van der Waals surface area contributed by atoms with Gasteiger partial charge in [0.05, 0.1) is 16.7 Å².